The lowest BCUT2D eigenvalue weighted by Crippen LogP contribution is -2.25. The first-order chi connectivity index (χ1) is 12.1. The van der Waals surface area contributed by atoms with Crippen molar-refractivity contribution in [3.05, 3.63) is 35.4 Å². The molecule has 0 spiro atoms. The molecule has 0 radical (unpaired) electrons. The number of rotatable bonds is 9. The summed E-state index contributed by atoms with van der Waals surface area (Å²) in [6.07, 6.45) is 1.59. The fourth-order valence-electron chi connectivity index (χ4n) is 1.92. The number of nitriles is 1. The molecule has 0 bridgehead atoms. The average molecular weight is 393 g/mol. The monoisotopic (exact) mass is 392 g/mol. The Morgan fingerprint density at radius 2 is 2.04 bits per heavy atom. The van der Waals surface area contributed by atoms with Gasteiger partial charge in [-0.05, 0) is 25.3 Å². The maximum Gasteiger partial charge on any atom is 0.230 e. The Morgan fingerprint density at radius 3 is 2.72 bits per heavy atom. The molecule has 1 aromatic heterocycles. The molecule has 1 amide bonds. The van der Waals surface area contributed by atoms with Crippen LogP contribution in [-0.4, -0.2) is 33.7 Å². The van der Waals surface area contributed by atoms with E-state index >= 15 is 0 Å². The lowest BCUT2D eigenvalue weighted by molar-refractivity contribution is -0.118. The normalized spacial score (nSPS) is 11.7. The Labute approximate surface area is 160 Å². The second-order valence-electron chi connectivity index (χ2n) is 5.40. The summed E-state index contributed by atoms with van der Waals surface area (Å²) < 4.78 is 1.51. The van der Waals surface area contributed by atoms with Gasteiger partial charge >= 0.3 is 0 Å². The van der Waals surface area contributed by atoms with Crippen molar-refractivity contribution in [1.29, 1.82) is 5.26 Å². The van der Waals surface area contributed by atoms with Gasteiger partial charge in [0.25, 0.3) is 0 Å². The molecule has 0 aliphatic heterocycles. The van der Waals surface area contributed by atoms with Gasteiger partial charge < -0.3 is 5.32 Å². The summed E-state index contributed by atoms with van der Waals surface area (Å²) in [6.45, 7) is 4.76. The van der Waals surface area contributed by atoms with Crippen molar-refractivity contribution in [3.63, 3.8) is 0 Å². The Kier molecular flexibility index (Phi) is 8.25. The number of hydrogen-bond donors (Lipinski definition) is 1. The molecule has 0 saturated heterocycles. The Morgan fingerprint density at radius 1 is 1.32 bits per heavy atom. The number of amides is 1. The van der Waals surface area contributed by atoms with Gasteiger partial charge in [-0.3, -0.25) is 4.79 Å². The highest BCUT2D eigenvalue weighted by atomic mass is 32.2. The van der Waals surface area contributed by atoms with E-state index in [0.717, 1.165) is 20.7 Å². The summed E-state index contributed by atoms with van der Waals surface area (Å²) in [5, 5.41) is 20.2. The summed E-state index contributed by atoms with van der Waals surface area (Å²) in [6, 6.07) is 10.5. The van der Waals surface area contributed by atoms with Crippen molar-refractivity contribution in [2.24, 2.45) is 0 Å². The SMILES string of the molecule is CCCNC(=O)CSc1nnc(SC(C#N)Cc2ccc(C)cc2)s1. The number of hydrogen-bond acceptors (Lipinski definition) is 7. The molecule has 2 aromatic rings. The zero-order valence-corrected chi connectivity index (χ0v) is 16.6. The van der Waals surface area contributed by atoms with Crippen LogP contribution in [0.25, 0.3) is 0 Å². The van der Waals surface area contributed by atoms with Gasteiger partial charge in [-0.2, -0.15) is 5.26 Å². The van der Waals surface area contributed by atoms with E-state index in [9.17, 15) is 10.1 Å². The number of thioether (sulfide) groups is 2. The van der Waals surface area contributed by atoms with Crippen molar-refractivity contribution >= 4 is 40.8 Å². The van der Waals surface area contributed by atoms with Gasteiger partial charge in [0.15, 0.2) is 8.68 Å². The predicted octanol–water partition coefficient (Wildman–Crippen LogP) is 3.69. The highest BCUT2D eigenvalue weighted by Crippen LogP contribution is 2.32. The van der Waals surface area contributed by atoms with E-state index in [1.165, 1.54) is 40.4 Å². The molecule has 25 heavy (non-hydrogen) atoms. The molecule has 0 aliphatic rings. The summed E-state index contributed by atoms with van der Waals surface area (Å²) in [5.41, 5.74) is 2.34. The maximum atomic E-state index is 11.6. The topological polar surface area (TPSA) is 78.7 Å². The second-order valence-corrected chi connectivity index (χ2v) is 9.05. The zero-order valence-electron chi connectivity index (χ0n) is 14.2. The third-order valence-electron chi connectivity index (χ3n) is 3.22. The van der Waals surface area contributed by atoms with Gasteiger partial charge in [-0.1, -0.05) is 71.6 Å². The lowest BCUT2D eigenvalue weighted by atomic mass is 10.1. The van der Waals surface area contributed by atoms with Gasteiger partial charge in [0.05, 0.1) is 11.8 Å². The first-order valence-electron chi connectivity index (χ1n) is 7.95. The third kappa shape index (κ3) is 7.06. The zero-order chi connectivity index (χ0) is 18.1. The number of benzene rings is 1. The van der Waals surface area contributed by atoms with Crippen LogP contribution in [0, 0.1) is 18.3 Å². The summed E-state index contributed by atoms with van der Waals surface area (Å²) in [4.78, 5) is 11.6. The van der Waals surface area contributed by atoms with Gasteiger partial charge in [0.2, 0.25) is 5.91 Å². The molecule has 1 atom stereocenters. The molecular formula is C17H20N4OS3. The predicted molar refractivity (Wildman–Crippen MR) is 104 cm³/mol. The molecule has 2 rings (SSSR count). The lowest BCUT2D eigenvalue weighted by Gasteiger charge is -2.06. The highest BCUT2D eigenvalue weighted by Gasteiger charge is 2.15. The fourth-order valence-corrected chi connectivity index (χ4v) is 4.93. The van der Waals surface area contributed by atoms with Gasteiger partial charge in [-0.15, -0.1) is 10.2 Å². The van der Waals surface area contributed by atoms with Crippen molar-refractivity contribution in [2.75, 3.05) is 12.3 Å². The van der Waals surface area contributed by atoms with Crippen molar-refractivity contribution in [3.8, 4) is 6.07 Å². The summed E-state index contributed by atoms with van der Waals surface area (Å²) in [7, 11) is 0. The molecule has 0 fully saturated rings. The van der Waals surface area contributed by atoms with Crippen molar-refractivity contribution in [2.45, 2.75) is 40.6 Å². The molecule has 0 aliphatic carbocycles. The van der Waals surface area contributed by atoms with Crippen LogP contribution < -0.4 is 5.32 Å². The van der Waals surface area contributed by atoms with Crippen LogP contribution in [0.4, 0.5) is 0 Å². The van der Waals surface area contributed by atoms with Gasteiger partial charge in [0.1, 0.15) is 5.25 Å². The van der Waals surface area contributed by atoms with E-state index in [0.29, 0.717) is 18.7 Å². The molecule has 0 saturated carbocycles. The minimum atomic E-state index is -0.207. The maximum absolute atomic E-state index is 11.6. The van der Waals surface area contributed by atoms with E-state index in [4.69, 9.17) is 0 Å². The van der Waals surface area contributed by atoms with Crippen LogP contribution in [0.5, 0.6) is 0 Å². The second kappa shape index (κ2) is 10.4. The van der Waals surface area contributed by atoms with Gasteiger partial charge in [0, 0.05) is 6.54 Å². The number of aryl methyl sites for hydroxylation is 1. The van der Waals surface area contributed by atoms with Crippen LogP contribution >= 0.6 is 34.9 Å². The third-order valence-corrected chi connectivity index (χ3v) is 6.45. The average Bonchev–Trinajstić information content (AvgIpc) is 3.07. The molecule has 1 heterocycles. The number of carbonyl (C=O) groups excluding carboxylic acids is 1. The highest BCUT2D eigenvalue weighted by molar-refractivity contribution is 8.03. The molecule has 1 aromatic carbocycles. The van der Waals surface area contributed by atoms with Crippen molar-refractivity contribution in [1.82, 2.24) is 15.5 Å². The summed E-state index contributed by atoms with van der Waals surface area (Å²) in [5.74, 6) is 0.343. The minimum Gasteiger partial charge on any atom is -0.355 e. The fraction of sp³-hybridized carbons (Fsp3) is 0.412. The Bertz CT molecular complexity index is 724. The Hall–Kier alpha value is -1.56. The molecular weight excluding hydrogens is 372 g/mol. The van der Waals surface area contributed by atoms with Crippen LogP contribution in [0.3, 0.4) is 0 Å². The summed E-state index contributed by atoms with van der Waals surface area (Å²) >= 11 is 4.23. The standard InChI is InChI=1S/C17H20N4OS3/c1-3-8-19-15(22)11-23-16-20-21-17(25-16)24-14(10-18)9-13-6-4-12(2)5-7-13/h4-7,14H,3,8-9,11H2,1-2H3,(H,19,22). The Balaban J connectivity index is 1.85. The molecule has 132 valence electrons. The molecule has 1 unspecified atom stereocenters. The molecule has 5 nitrogen and oxygen atoms in total. The van der Waals surface area contributed by atoms with E-state index in [-0.39, 0.29) is 11.2 Å². The molecule has 8 heteroatoms. The van der Waals surface area contributed by atoms with E-state index in [1.807, 2.05) is 13.8 Å². The number of nitrogens with zero attached hydrogens (tertiary/aromatic N) is 3. The number of nitrogens with one attached hydrogen (secondary N) is 1. The van der Waals surface area contributed by atoms with Crippen LogP contribution in [0.15, 0.2) is 32.9 Å². The van der Waals surface area contributed by atoms with E-state index in [2.05, 4.69) is 45.8 Å². The minimum absolute atomic E-state index is 0.00512. The van der Waals surface area contributed by atoms with E-state index < -0.39 is 0 Å². The first kappa shape index (κ1) is 19.8. The van der Waals surface area contributed by atoms with Crippen LogP contribution in [0.1, 0.15) is 24.5 Å². The quantitative estimate of drug-likeness (QED) is 0.656. The smallest absolute Gasteiger partial charge is 0.230 e. The largest absolute Gasteiger partial charge is 0.355 e. The van der Waals surface area contributed by atoms with E-state index in [1.54, 1.807) is 0 Å². The van der Waals surface area contributed by atoms with Crippen LogP contribution in [0.2, 0.25) is 0 Å². The van der Waals surface area contributed by atoms with Crippen LogP contribution in [-0.2, 0) is 11.2 Å². The van der Waals surface area contributed by atoms with Gasteiger partial charge in [-0.25, -0.2) is 0 Å². The molecule has 1 N–H and O–H groups in total. The first-order valence-corrected chi connectivity index (χ1v) is 10.6. The number of carbonyl (C=O) groups is 1. The number of aromatic nitrogens is 2. The van der Waals surface area contributed by atoms with Crippen molar-refractivity contribution < 1.29 is 4.79 Å².